The second-order valence-corrected chi connectivity index (χ2v) is 8.92. The van der Waals surface area contributed by atoms with Crippen molar-refractivity contribution >= 4 is 18.0 Å². The summed E-state index contributed by atoms with van der Waals surface area (Å²) in [6.07, 6.45) is 2.44. The van der Waals surface area contributed by atoms with E-state index >= 15 is 0 Å². The topological polar surface area (TPSA) is 105 Å². The number of hydrogen-bond acceptors (Lipinski definition) is 4. The third-order valence-electron chi connectivity index (χ3n) is 6.72. The Morgan fingerprint density at radius 2 is 1.67 bits per heavy atom. The number of benzene rings is 2. The van der Waals surface area contributed by atoms with Crippen molar-refractivity contribution in [1.82, 2.24) is 10.6 Å². The van der Waals surface area contributed by atoms with Gasteiger partial charge >= 0.3 is 12.1 Å². The Bertz CT molecular complexity index is 991. The number of carbonyl (C=O) groups excluding carboxylic acids is 2. The number of carbonyl (C=O) groups is 3. The molecule has 2 aromatic carbocycles. The zero-order valence-electron chi connectivity index (χ0n) is 18.8. The molecule has 0 aromatic heterocycles. The van der Waals surface area contributed by atoms with E-state index in [0.717, 1.165) is 12.8 Å². The van der Waals surface area contributed by atoms with Crippen LogP contribution in [0, 0.1) is 5.92 Å². The molecule has 2 aromatic rings. The standard InChI is InChI=1S/C26H30N2O5/c1-2-23(25(30)31)28-24(29)14-16-11-12-17(13-16)27-26(32)33-15-22-20-9-5-3-7-18(20)19-8-4-6-10-21(19)22/h3-10,16-17,22-23H,2,11-15H2,1H3,(H,27,32)(H,28,29)(H,30,31)/t16-,17+,23+/m1/s1. The van der Waals surface area contributed by atoms with Crippen molar-refractivity contribution in [1.29, 1.82) is 0 Å². The SMILES string of the molecule is CC[C@H](NC(=O)C[C@@H]1CC[C@H](NC(=O)OCC2c3ccccc3-c3ccccc32)C1)C(=O)O. The highest BCUT2D eigenvalue weighted by Crippen LogP contribution is 2.44. The molecule has 2 aliphatic rings. The largest absolute Gasteiger partial charge is 0.480 e. The summed E-state index contributed by atoms with van der Waals surface area (Å²) in [5, 5.41) is 14.6. The van der Waals surface area contributed by atoms with Gasteiger partial charge in [0.1, 0.15) is 12.6 Å². The van der Waals surface area contributed by atoms with Gasteiger partial charge in [0.25, 0.3) is 0 Å². The predicted molar refractivity (Wildman–Crippen MR) is 124 cm³/mol. The molecule has 2 aliphatic carbocycles. The Hall–Kier alpha value is -3.35. The van der Waals surface area contributed by atoms with E-state index in [4.69, 9.17) is 9.84 Å². The van der Waals surface area contributed by atoms with Crippen LogP contribution in [-0.4, -0.2) is 41.8 Å². The highest BCUT2D eigenvalue weighted by Gasteiger charge is 2.31. The smallest absolute Gasteiger partial charge is 0.407 e. The fraction of sp³-hybridized carbons (Fsp3) is 0.423. The number of rotatable bonds is 8. The molecule has 174 valence electrons. The van der Waals surface area contributed by atoms with Crippen LogP contribution in [0.2, 0.25) is 0 Å². The van der Waals surface area contributed by atoms with Crippen LogP contribution < -0.4 is 10.6 Å². The molecular weight excluding hydrogens is 420 g/mol. The first-order valence-electron chi connectivity index (χ1n) is 11.6. The number of aliphatic carboxylic acids is 1. The molecule has 3 N–H and O–H groups in total. The molecule has 1 saturated carbocycles. The summed E-state index contributed by atoms with van der Waals surface area (Å²) in [6.45, 7) is 2.00. The van der Waals surface area contributed by atoms with Crippen molar-refractivity contribution in [3.8, 4) is 11.1 Å². The summed E-state index contributed by atoms with van der Waals surface area (Å²) < 4.78 is 5.62. The van der Waals surface area contributed by atoms with E-state index < -0.39 is 18.1 Å². The van der Waals surface area contributed by atoms with Crippen molar-refractivity contribution < 1.29 is 24.2 Å². The number of hydrogen-bond donors (Lipinski definition) is 3. The van der Waals surface area contributed by atoms with E-state index in [2.05, 4.69) is 34.9 Å². The van der Waals surface area contributed by atoms with Gasteiger partial charge in [-0.2, -0.15) is 0 Å². The third kappa shape index (κ3) is 5.18. The van der Waals surface area contributed by atoms with Gasteiger partial charge in [-0.15, -0.1) is 0 Å². The summed E-state index contributed by atoms with van der Waals surface area (Å²) in [7, 11) is 0. The number of alkyl carbamates (subject to hydrolysis) is 1. The van der Waals surface area contributed by atoms with Gasteiger partial charge in [-0.05, 0) is 53.9 Å². The Balaban J connectivity index is 1.26. The van der Waals surface area contributed by atoms with E-state index in [0.29, 0.717) is 12.8 Å². The van der Waals surface area contributed by atoms with Gasteiger partial charge in [0.05, 0.1) is 0 Å². The van der Waals surface area contributed by atoms with Gasteiger partial charge in [0, 0.05) is 18.4 Å². The summed E-state index contributed by atoms with van der Waals surface area (Å²) in [6, 6.07) is 15.5. The number of nitrogens with one attached hydrogen (secondary N) is 2. The molecule has 0 radical (unpaired) electrons. The van der Waals surface area contributed by atoms with Crippen molar-refractivity contribution in [3.05, 3.63) is 59.7 Å². The summed E-state index contributed by atoms with van der Waals surface area (Å²) in [4.78, 5) is 35.7. The lowest BCUT2D eigenvalue weighted by Crippen LogP contribution is -2.40. The van der Waals surface area contributed by atoms with Crippen LogP contribution in [0.3, 0.4) is 0 Å². The minimum atomic E-state index is -1.02. The Morgan fingerprint density at radius 1 is 1.03 bits per heavy atom. The maximum Gasteiger partial charge on any atom is 0.407 e. The van der Waals surface area contributed by atoms with E-state index in [9.17, 15) is 14.4 Å². The van der Waals surface area contributed by atoms with E-state index in [1.165, 1.54) is 22.3 Å². The molecule has 7 nitrogen and oxygen atoms in total. The maximum atomic E-state index is 12.5. The lowest BCUT2D eigenvalue weighted by Gasteiger charge is -2.17. The van der Waals surface area contributed by atoms with E-state index in [1.807, 2.05) is 24.3 Å². The third-order valence-corrected chi connectivity index (χ3v) is 6.72. The maximum absolute atomic E-state index is 12.5. The Kier molecular flexibility index (Phi) is 6.96. The lowest BCUT2D eigenvalue weighted by atomic mass is 9.98. The van der Waals surface area contributed by atoms with Crippen LogP contribution >= 0.6 is 0 Å². The first-order valence-corrected chi connectivity index (χ1v) is 11.6. The number of carboxylic acids is 1. The first-order chi connectivity index (χ1) is 16.0. The van der Waals surface area contributed by atoms with Gasteiger partial charge in [0.15, 0.2) is 0 Å². The number of amides is 2. The van der Waals surface area contributed by atoms with Crippen LogP contribution in [-0.2, 0) is 14.3 Å². The molecule has 0 unspecified atom stereocenters. The zero-order chi connectivity index (χ0) is 23.4. The minimum Gasteiger partial charge on any atom is -0.480 e. The van der Waals surface area contributed by atoms with Gasteiger partial charge < -0.3 is 20.5 Å². The number of fused-ring (bicyclic) bond motifs is 3. The molecule has 0 saturated heterocycles. The molecule has 4 rings (SSSR count). The van der Waals surface area contributed by atoms with Gasteiger partial charge in [0.2, 0.25) is 5.91 Å². The van der Waals surface area contributed by atoms with Crippen molar-refractivity contribution in [2.45, 2.75) is 57.0 Å². The van der Waals surface area contributed by atoms with Crippen LogP contribution in [0.25, 0.3) is 11.1 Å². The molecule has 0 heterocycles. The molecule has 2 amide bonds. The Morgan fingerprint density at radius 3 is 2.27 bits per heavy atom. The van der Waals surface area contributed by atoms with Crippen molar-refractivity contribution in [3.63, 3.8) is 0 Å². The zero-order valence-corrected chi connectivity index (χ0v) is 18.8. The second-order valence-electron chi connectivity index (χ2n) is 8.92. The van der Waals surface area contributed by atoms with Crippen LogP contribution in [0.5, 0.6) is 0 Å². The first kappa shape index (κ1) is 22.8. The molecule has 0 spiro atoms. The Labute approximate surface area is 193 Å². The number of ether oxygens (including phenoxy) is 1. The highest BCUT2D eigenvalue weighted by atomic mass is 16.5. The normalized spacial score (nSPS) is 19.9. The van der Waals surface area contributed by atoms with Gasteiger partial charge in [-0.3, -0.25) is 4.79 Å². The van der Waals surface area contributed by atoms with Gasteiger partial charge in [-0.25, -0.2) is 9.59 Å². The molecule has 0 aliphatic heterocycles. The van der Waals surface area contributed by atoms with Crippen molar-refractivity contribution in [2.75, 3.05) is 6.61 Å². The summed E-state index contributed by atoms with van der Waals surface area (Å²) >= 11 is 0. The second kappa shape index (κ2) is 10.1. The highest BCUT2D eigenvalue weighted by molar-refractivity contribution is 5.83. The fourth-order valence-corrected chi connectivity index (χ4v) is 5.05. The van der Waals surface area contributed by atoms with Crippen LogP contribution in [0.4, 0.5) is 4.79 Å². The van der Waals surface area contributed by atoms with Crippen molar-refractivity contribution in [2.24, 2.45) is 5.92 Å². The minimum absolute atomic E-state index is 0.0175. The molecule has 7 heteroatoms. The number of carboxylic acid groups (broad SMARTS) is 1. The van der Waals surface area contributed by atoms with Crippen LogP contribution in [0.1, 0.15) is 56.1 Å². The average molecular weight is 451 g/mol. The monoisotopic (exact) mass is 450 g/mol. The predicted octanol–water partition coefficient (Wildman–Crippen LogP) is 4.06. The van der Waals surface area contributed by atoms with Gasteiger partial charge in [-0.1, -0.05) is 55.5 Å². The molecule has 1 fully saturated rings. The summed E-state index contributed by atoms with van der Waals surface area (Å²) in [5.74, 6) is -1.14. The van der Waals surface area contributed by atoms with Crippen LogP contribution in [0.15, 0.2) is 48.5 Å². The van der Waals surface area contributed by atoms with E-state index in [-0.39, 0.29) is 36.8 Å². The molecule has 0 bridgehead atoms. The average Bonchev–Trinajstić information content (AvgIpc) is 3.37. The quantitative estimate of drug-likeness (QED) is 0.563. The van der Waals surface area contributed by atoms with E-state index in [1.54, 1.807) is 6.92 Å². The molecule has 3 atom stereocenters. The summed E-state index contributed by atoms with van der Waals surface area (Å²) in [5.41, 5.74) is 4.72. The lowest BCUT2D eigenvalue weighted by molar-refractivity contribution is -0.142. The molecular formula is C26H30N2O5. The molecule has 33 heavy (non-hydrogen) atoms. The fourth-order valence-electron chi connectivity index (χ4n) is 5.05.